The van der Waals surface area contributed by atoms with Crippen LogP contribution in [-0.4, -0.2) is 25.9 Å². The van der Waals surface area contributed by atoms with E-state index < -0.39 is 10.0 Å². The van der Waals surface area contributed by atoms with Crippen molar-refractivity contribution in [2.24, 2.45) is 0 Å². The van der Waals surface area contributed by atoms with E-state index in [0.29, 0.717) is 12.1 Å². The Kier molecular flexibility index (Phi) is 6.44. The number of sulfonamides is 1. The fourth-order valence-corrected chi connectivity index (χ4v) is 4.14. The summed E-state index contributed by atoms with van der Waals surface area (Å²) in [5.41, 5.74) is 3.29. The molecule has 0 spiro atoms. The molecule has 148 valence electrons. The minimum absolute atomic E-state index is 0.0529. The van der Waals surface area contributed by atoms with E-state index in [0.717, 1.165) is 21.8 Å². The lowest BCUT2D eigenvalue weighted by molar-refractivity contribution is 0.0951. The van der Waals surface area contributed by atoms with E-state index in [1.165, 1.54) is 24.3 Å². The molecule has 0 saturated carbocycles. The number of rotatable bonds is 7. The Hall–Kier alpha value is -2.99. The van der Waals surface area contributed by atoms with Gasteiger partial charge in [0, 0.05) is 23.1 Å². The molecule has 1 aromatic heterocycles. The second kappa shape index (κ2) is 9.01. The Labute approximate surface area is 174 Å². The van der Waals surface area contributed by atoms with Crippen molar-refractivity contribution in [2.45, 2.75) is 18.4 Å². The number of hydrogen-bond acceptors (Lipinski definition) is 5. The van der Waals surface area contributed by atoms with Crippen molar-refractivity contribution in [3.63, 3.8) is 0 Å². The van der Waals surface area contributed by atoms with Gasteiger partial charge in [0.05, 0.1) is 22.1 Å². The maximum absolute atomic E-state index is 12.3. The van der Waals surface area contributed by atoms with Gasteiger partial charge in [0.1, 0.15) is 0 Å². The second-order valence-electron chi connectivity index (χ2n) is 6.18. The van der Waals surface area contributed by atoms with Gasteiger partial charge >= 0.3 is 0 Å². The normalized spacial score (nSPS) is 11.0. The van der Waals surface area contributed by atoms with E-state index in [2.05, 4.69) is 20.9 Å². The van der Waals surface area contributed by atoms with E-state index in [-0.39, 0.29) is 17.3 Å². The maximum atomic E-state index is 12.3. The molecular weight excluding hydrogens is 406 g/mol. The van der Waals surface area contributed by atoms with Crippen molar-refractivity contribution < 1.29 is 13.2 Å². The van der Waals surface area contributed by atoms with E-state index >= 15 is 0 Å². The summed E-state index contributed by atoms with van der Waals surface area (Å²) in [6, 6.07) is 13.5. The molecule has 0 unspecified atom stereocenters. The van der Waals surface area contributed by atoms with Gasteiger partial charge in [-0.15, -0.1) is 17.8 Å². The fraction of sp³-hybridized carbons (Fsp3) is 0.143. The monoisotopic (exact) mass is 425 g/mol. The number of nitrogens with zero attached hydrogens (tertiary/aromatic N) is 1. The molecule has 1 heterocycles. The van der Waals surface area contributed by atoms with Crippen LogP contribution in [0.15, 0.2) is 58.8 Å². The third-order valence-electron chi connectivity index (χ3n) is 4.11. The first-order chi connectivity index (χ1) is 13.9. The van der Waals surface area contributed by atoms with E-state index in [9.17, 15) is 13.2 Å². The highest BCUT2D eigenvalue weighted by molar-refractivity contribution is 7.89. The third-order valence-corrected chi connectivity index (χ3v) is 6.30. The van der Waals surface area contributed by atoms with E-state index in [4.69, 9.17) is 6.42 Å². The predicted molar refractivity (Wildman–Crippen MR) is 114 cm³/mol. The van der Waals surface area contributed by atoms with Crippen LogP contribution in [0.25, 0.3) is 11.3 Å². The summed E-state index contributed by atoms with van der Waals surface area (Å²) in [5.74, 6) is 1.92. The standard InChI is InChI=1S/C21H19N3O3S2/c1-3-12-23-29(26,27)19-10-8-18(9-11-19)21(25)22-13-16-4-6-17(7-5-16)20-14-28-15(2)24-20/h1,4-11,14,23H,12-13H2,2H3,(H,22,25). The molecule has 6 nitrogen and oxygen atoms in total. The summed E-state index contributed by atoms with van der Waals surface area (Å²) in [4.78, 5) is 16.8. The van der Waals surface area contributed by atoms with Crippen LogP contribution in [0.3, 0.4) is 0 Å². The Bertz CT molecular complexity index is 1140. The number of thiazole rings is 1. The van der Waals surface area contributed by atoms with Crippen LogP contribution in [-0.2, 0) is 16.6 Å². The van der Waals surface area contributed by atoms with Crippen LogP contribution < -0.4 is 10.0 Å². The molecule has 2 aromatic carbocycles. The van der Waals surface area contributed by atoms with Gasteiger partial charge < -0.3 is 5.32 Å². The average molecular weight is 426 g/mol. The average Bonchev–Trinajstić information content (AvgIpc) is 3.17. The van der Waals surface area contributed by atoms with Crippen molar-refractivity contribution in [2.75, 3.05) is 6.54 Å². The Morgan fingerprint density at radius 3 is 2.41 bits per heavy atom. The Balaban J connectivity index is 1.60. The first-order valence-corrected chi connectivity index (χ1v) is 11.1. The topological polar surface area (TPSA) is 88.2 Å². The molecule has 0 aliphatic rings. The molecule has 0 fully saturated rings. The highest BCUT2D eigenvalue weighted by Crippen LogP contribution is 2.21. The van der Waals surface area contributed by atoms with Gasteiger partial charge in [-0.2, -0.15) is 4.72 Å². The van der Waals surface area contributed by atoms with Crippen molar-refractivity contribution in [1.82, 2.24) is 15.0 Å². The number of nitrogens with one attached hydrogen (secondary N) is 2. The molecule has 29 heavy (non-hydrogen) atoms. The zero-order chi connectivity index (χ0) is 20.9. The van der Waals surface area contributed by atoms with Gasteiger partial charge in [-0.05, 0) is 36.8 Å². The summed E-state index contributed by atoms with van der Waals surface area (Å²) in [5, 5.41) is 5.85. The summed E-state index contributed by atoms with van der Waals surface area (Å²) in [7, 11) is -3.67. The van der Waals surface area contributed by atoms with Gasteiger partial charge in [0.2, 0.25) is 10.0 Å². The first kappa shape index (κ1) is 20.7. The van der Waals surface area contributed by atoms with Crippen molar-refractivity contribution in [3.8, 4) is 23.6 Å². The van der Waals surface area contributed by atoms with E-state index in [1.807, 2.05) is 36.6 Å². The quantitative estimate of drug-likeness (QED) is 0.570. The van der Waals surface area contributed by atoms with Crippen LogP contribution in [0.1, 0.15) is 20.9 Å². The molecule has 3 rings (SSSR count). The predicted octanol–water partition coefficient (Wildman–Crippen LogP) is 2.96. The van der Waals surface area contributed by atoms with Crippen molar-refractivity contribution in [1.29, 1.82) is 0 Å². The highest BCUT2D eigenvalue weighted by Gasteiger charge is 2.14. The number of benzene rings is 2. The molecule has 0 saturated heterocycles. The molecule has 2 N–H and O–H groups in total. The number of aryl methyl sites for hydroxylation is 1. The second-order valence-corrected chi connectivity index (χ2v) is 9.01. The highest BCUT2D eigenvalue weighted by atomic mass is 32.2. The maximum Gasteiger partial charge on any atom is 0.251 e. The summed E-state index contributed by atoms with van der Waals surface area (Å²) in [6.07, 6.45) is 5.07. The first-order valence-electron chi connectivity index (χ1n) is 8.72. The molecule has 8 heteroatoms. The Morgan fingerprint density at radius 1 is 1.14 bits per heavy atom. The minimum atomic E-state index is -3.67. The minimum Gasteiger partial charge on any atom is -0.348 e. The fourth-order valence-electron chi connectivity index (χ4n) is 2.58. The molecule has 0 bridgehead atoms. The molecule has 0 aliphatic heterocycles. The molecule has 0 atom stereocenters. The van der Waals surface area contributed by atoms with Gasteiger partial charge in [-0.1, -0.05) is 30.2 Å². The summed E-state index contributed by atoms with van der Waals surface area (Å²) in [6.45, 7) is 2.23. The number of carbonyl (C=O) groups excluding carboxylic acids is 1. The van der Waals surface area contributed by atoms with Crippen LogP contribution in [0.4, 0.5) is 0 Å². The molecule has 0 aliphatic carbocycles. The largest absolute Gasteiger partial charge is 0.348 e. The Morgan fingerprint density at radius 2 is 1.83 bits per heavy atom. The van der Waals surface area contributed by atoms with Crippen molar-refractivity contribution in [3.05, 3.63) is 70.0 Å². The van der Waals surface area contributed by atoms with Gasteiger partial charge in [0.25, 0.3) is 5.91 Å². The van der Waals surface area contributed by atoms with Gasteiger partial charge in [0.15, 0.2) is 0 Å². The van der Waals surface area contributed by atoms with Gasteiger partial charge in [-0.3, -0.25) is 4.79 Å². The zero-order valence-electron chi connectivity index (χ0n) is 15.7. The van der Waals surface area contributed by atoms with Crippen LogP contribution in [0, 0.1) is 19.3 Å². The van der Waals surface area contributed by atoms with Crippen LogP contribution in [0.5, 0.6) is 0 Å². The summed E-state index contributed by atoms with van der Waals surface area (Å²) >= 11 is 1.60. The number of aromatic nitrogens is 1. The number of carbonyl (C=O) groups is 1. The number of hydrogen-bond donors (Lipinski definition) is 2. The number of amides is 1. The van der Waals surface area contributed by atoms with Gasteiger partial charge in [-0.25, -0.2) is 13.4 Å². The SMILES string of the molecule is C#CCNS(=O)(=O)c1ccc(C(=O)NCc2ccc(-c3csc(C)n3)cc2)cc1. The van der Waals surface area contributed by atoms with E-state index in [1.54, 1.807) is 11.3 Å². The third kappa shape index (κ3) is 5.29. The van der Waals surface area contributed by atoms with Crippen LogP contribution >= 0.6 is 11.3 Å². The lowest BCUT2D eigenvalue weighted by Gasteiger charge is -2.08. The van der Waals surface area contributed by atoms with Crippen LogP contribution in [0.2, 0.25) is 0 Å². The molecule has 1 amide bonds. The molecule has 3 aromatic rings. The number of terminal acetylenes is 1. The molecular formula is C21H19N3O3S2. The lowest BCUT2D eigenvalue weighted by atomic mass is 10.1. The lowest BCUT2D eigenvalue weighted by Crippen LogP contribution is -2.25. The zero-order valence-corrected chi connectivity index (χ0v) is 17.3. The summed E-state index contributed by atoms with van der Waals surface area (Å²) < 4.78 is 26.3. The molecule has 0 radical (unpaired) electrons. The van der Waals surface area contributed by atoms with Crippen molar-refractivity contribution >= 4 is 27.3 Å². The smallest absolute Gasteiger partial charge is 0.251 e.